The molecule has 1 unspecified atom stereocenters. The highest BCUT2D eigenvalue weighted by Crippen LogP contribution is 2.27. The van der Waals surface area contributed by atoms with Crippen molar-refractivity contribution in [3.05, 3.63) is 34.9 Å². The van der Waals surface area contributed by atoms with Gasteiger partial charge in [-0.05, 0) is 48.8 Å². The summed E-state index contributed by atoms with van der Waals surface area (Å²) >= 11 is 0. The molecule has 3 nitrogen and oxygen atoms in total. The van der Waals surface area contributed by atoms with Gasteiger partial charge in [0.15, 0.2) is 0 Å². The second-order valence-electron chi connectivity index (χ2n) is 5.28. The largest absolute Gasteiger partial charge is 0.388 e. The summed E-state index contributed by atoms with van der Waals surface area (Å²) in [5, 5.41) is 10.1. The van der Waals surface area contributed by atoms with Crippen molar-refractivity contribution in [3.63, 3.8) is 0 Å². The fraction of sp³-hybridized carbons (Fsp3) is 0.600. The van der Waals surface area contributed by atoms with Gasteiger partial charge in [0, 0.05) is 5.75 Å². The van der Waals surface area contributed by atoms with Crippen LogP contribution in [-0.2, 0) is 22.7 Å². The second kappa shape index (κ2) is 6.06. The van der Waals surface area contributed by atoms with Gasteiger partial charge in [0.2, 0.25) is 0 Å². The lowest BCUT2D eigenvalue weighted by Crippen LogP contribution is -2.10. The number of fused-ring (bicyclic) bond motifs is 1. The van der Waals surface area contributed by atoms with E-state index in [1.807, 2.05) is 6.07 Å². The molecule has 0 radical (unpaired) electrons. The van der Waals surface area contributed by atoms with E-state index in [1.54, 1.807) is 6.92 Å². The predicted octanol–water partition coefficient (Wildman–Crippen LogP) is 2.42. The molecule has 0 saturated heterocycles. The number of hydrogen-bond acceptors (Lipinski definition) is 3. The maximum atomic E-state index is 11.4. The van der Waals surface area contributed by atoms with E-state index in [9.17, 15) is 13.5 Å². The van der Waals surface area contributed by atoms with Gasteiger partial charge >= 0.3 is 0 Å². The van der Waals surface area contributed by atoms with Crippen LogP contribution in [0.3, 0.4) is 0 Å². The summed E-state index contributed by atoms with van der Waals surface area (Å²) in [6.07, 6.45) is 3.93. The van der Waals surface area contributed by atoms with E-state index < -0.39 is 15.9 Å². The van der Waals surface area contributed by atoms with Crippen LogP contribution in [0.25, 0.3) is 0 Å². The zero-order valence-corrected chi connectivity index (χ0v) is 12.2. The Hall–Kier alpha value is -0.870. The van der Waals surface area contributed by atoms with Gasteiger partial charge in [-0.15, -0.1) is 0 Å². The topological polar surface area (TPSA) is 54.4 Å². The minimum absolute atomic E-state index is 0.172. The molecule has 4 heteroatoms. The predicted molar refractivity (Wildman–Crippen MR) is 77.0 cm³/mol. The van der Waals surface area contributed by atoms with Crippen LogP contribution in [0, 0.1) is 0 Å². The molecule has 0 saturated carbocycles. The van der Waals surface area contributed by atoms with Gasteiger partial charge in [0.25, 0.3) is 0 Å². The number of rotatable bonds is 6. The van der Waals surface area contributed by atoms with Crippen LogP contribution >= 0.6 is 0 Å². The van der Waals surface area contributed by atoms with E-state index in [0.717, 1.165) is 18.4 Å². The molecule has 0 spiro atoms. The minimum atomic E-state index is -2.92. The molecule has 1 aliphatic carbocycles. The maximum Gasteiger partial charge on any atom is 0.150 e. The third-order valence-corrected chi connectivity index (χ3v) is 5.67. The molecule has 2 rings (SSSR count). The molecular formula is C15H22O3S. The number of aliphatic hydroxyl groups excluding tert-OH is 1. The summed E-state index contributed by atoms with van der Waals surface area (Å²) in [6.45, 7) is 1.66. The van der Waals surface area contributed by atoms with Crippen molar-refractivity contribution < 1.29 is 13.5 Å². The number of sulfone groups is 1. The van der Waals surface area contributed by atoms with E-state index in [2.05, 4.69) is 12.1 Å². The number of aliphatic hydroxyl groups is 1. The van der Waals surface area contributed by atoms with Gasteiger partial charge in [0.1, 0.15) is 9.84 Å². The molecule has 0 heterocycles. The fourth-order valence-electron chi connectivity index (χ4n) is 2.61. The highest BCUT2D eigenvalue weighted by Gasteiger charge is 2.15. The van der Waals surface area contributed by atoms with Crippen molar-refractivity contribution in [1.82, 2.24) is 0 Å². The van der Waals surface area contributed by atoms with Crippen molar-refractivity contribution >= 4 is 9.84 Å². The van der Waals surface area contributed by atoms with Gasteiger partial charge in [-0.25, -0.2) is 8.42 Å². The van der Waals surface area contributed by atoms with E-state index in [0.29, 0.717) is 12.8 Å². The Balaban J connectivity index is 1.91. The molecule has 0 aliphatic heterocycles. The molecule has 0 bridgehead atoms. The van der Waals surface area contributed by atoms with E-state index in [-0.39, 0.29) is 11.5 Å². The van der Waals surface area contributed by atoms with Crippen LogP contribution in [0.15, 0.2) is 18.2 Å². The van der Waals surface area contributed by atoms with Crippen LogP contribution in [0.4, 0.5) is 0 Å². The Bertz CT molecular complexity index is 534. The average Bonchev–Trinajstić information content (AvgIpc) is 2.85. The standard InChI is InChI=1S/C15H22O3S/c1-2-19(17,18)10-4-7-15(16)14-9-8-12-5-3-6-13(12)11-14/h8-9,11,15-16H,2-7,10H2,1H3. The molecule has 0 fully saturated rings. The Labute approximate surface area is 115 Å². The molecule has 106 valence electrons. The fourth-order valence-corrected chi connectivity index (χ4v) is 3.50. The zero-order valence-electron chi connectivity index (χ0n) is 11.4. The summed E-state index contributed by atoms with van der Waals surface area (Å²) < 4.78 is 22.8. The van der Waals surface area contributed by atoms with Crippen LogP contribution in [0.5, 0.6) is 0 Å². The highest BCUT2D eigenvalue weighted by atomic mass is 32.2. The Kier molecular flexibility index (Phi) is 4.63. The van der Waals surface area contributed by atoms with Crippen molar-refractivity contribution in [1.29, 1.82) is 0 Å². The Morgan fingerprint density at radius 2 is 2.00 bits per heavy atom. The first-order chi connectivity index (χ1) is 9.02. The number of hydrogen-bond donors (Lipinski definition) is 1. The molecule has 1 aliphatic rings. The monoisotopic (exact) mass is 282 g/mol. The average molecular weight is 282 g/mol. The van der Waals surface area contributed by atoms with Gasteiger partial charge in [-0.3, -0.25) is 0 Å². The van der Waals surface area contributed by atoms with Gasteiger partial charge in [-0.1, -0.05) is 25.1 Å². The summed E-state index contributed by atoms with van der Waals surface area (Å²) in [7, 11) is -2.92. The molecule has 1 atom stereocenters. The zero-order chi connectivity index (χ0) is 13.9. The maximum absolute atomic E-state index is 11.4. The quantitative estimate of drug-likeness (QED) is 0.872. The molecular weight excluding hydrogens is 260 g/mol. The molecule has 19 heavy (non-hydrogen) atoms. The van der Waals surface area contributed by atoms with Crippen molar-refractivity contribution in [2.24, 2.45) is 0 Å². The first kappa shape index (κ1) is 14.5. The molecule has 0 amide bonds. The number of benzene rings is 1. The lowest BCUT2D eigenvalue weighted by Gasteiger charge is -2.12. The van der Waals surface area contributed by atoms with Crippen LogP contribution in [0.2, 0.25) is 0 Å². The molecule has 1 aromatic carbocycles. The molecule has 1 N–H and O–H groups in total. The molecule has 1 aromatic rings. The summed E-state index contributed by atoms with van der Waals surface area (Å²) in [6, 6.07) is 6.16. The van der Waals surface area contributed by atoms with Crippen LogP contribution in [0.1, 0.15) is 49.0 Å². The smallest absolute Gasteiger partial charge is 0.150 e. The second-order valence-corrected chi connectivity index (χ2v) is 7.75. The van der Waals surface area contributed by atoms with Crippen molar-refractivity contribution in [2.75, 3.05) is 11.5 Å². The van der Waals surface area contributed by atoms with Crippen LogP contribution < -0.4 is 0 Å². The van der Waals surface area contributed by atoms with E-state index in [1.165, 1.54) is 17.5 Å². The summed E-state index contributed by atoms with van der Waals surface area (Å²) in [5.41, 5.74) is 3.66. The molecule has 0 aromatic heterocycles. The van der Waals surface area contributed by atoms with Crippen LogP contribution in [-0.4, -0.2) is 25.0 Å². The first-order valence-electron chi connectivity index (χ1n) is 7.02. The van der Waals surface area contributed by atoms with Gasteiger partial charge in [0.05, 0.1) is 11.9 Å². The normalized spacial score (nSPS) is 16.3. The number of aryl methyl sites for hydroxylation is 2. The lowest BCUT2D eigenvalue weighted by atomic mass is 10.0. The summed E-state index contributed by atoms with van der Waals surface area (Å²) in [4.78, 5) is 0. The highest BCUT2D eigenvalue weighted by molar-refractivity contribution is 7.91. The first-order valence-corrected chi connectivity index (χ1v) is 8.84. The minimum Gasteiger partial charge on any atom is -0.388 e. The summed E-state index contributed by atoms with van der Waals surface area (Å²) in [5.74, 6) is 0.355. The van der Waals surface area contributed by atoms with Crippen molar-refractivity contribution in [2.45, 2.75) is 45.1 Å². The Morgan fingerprint density at radius 3 is 2.74 bits per heavy atom. The van der Waals surface area contributed by atoms with Gasteiger partial charge in [-0.2, -0.15) is 0 Å². The Morgan fingerprint density at radius 1 is 1.26 bits per heavy atom. The third kappa shape index (κ3) is 3.80. The van der Waals surface area contributed by atoms with Gasteiger partial charge < -0.3 is 5.11 Å². The van der Waals surface area contributed by atoms with E-state index >= 15 is 0 Å². The van der Waals surface area contributed by atoms with Crippen molar-refractivity contribution in [3.8, 4) is 0 Å². The lowest BCUT2D eigenvalue weighted by molar-refractivity contribution is 0.166. The van der Waals surface area contributed by atoms with E-state index in [4.69, 9.17) is 0 Å². The third-order valence-electron chi connectivity index (χ3n) is 3.88. The SMILES string of the molecule is CCS(=O)(=O)CCCC(O)c1ccc2c(c1)CCC2.